The van der Waals surface area contributed by atoms with Gasteiger partial charge < -0.3 is 0 Å². The Morgan fingerprint density at radius 3 is 0.636 bits per heavy atom. The van der Waals surface area contributed by atoms with Crippen molar-refractivity contribution in [3.63, 3.8) is 0 Å². The van der Waals surface area contributed by atoms with Crippen LogP contribution in [0.2, 0.25) is 0 Å². The summed E-state index contributed by atoms with van der Waals surface area (Å²) >= 11 is 0. The molecule has 44 heavy (non-hydrogen) atoms. The van der Waals surface area contributed by atoms with Crippen molar-refractivity contribution in [3.8, 4) is 0 Å². The fraction of sp³-hybridized carbons (Fsp3) is 1.00. The van der Waals surface area contributed by atoms with Gasteiger partial charge in [-0.2, -0.15) is 0 Å². The Bertz CT molecular complexity index is 936. The molecular weight excluding hydrogens is 655 g/mol. The van der Waals surface area contributed by atoms with Crippen LogP contribution in [0.1, 0.15) is 0 Å². The Labute approximate surface area is 274 Å². The number of nitrogens with one attached hydrogen (secondary N) is 1. The van der Waals surface area contributed by atoms with Crippen molar-refractivity contribution in [2.45, 2.75) is 0 Å². The highest BCUT2D eigenvalue weighted by Gasteiger charge is 2.57. The first-order valence-corrected chi connectivity index (χ1v) is 22.4. The molecule has 0 aliphatic rings. The van der Waals surface area contributed by atoms with Crippen molar-refractivity contribution in [2.75, 3.05) is 162 Å². The molecule has 0 spiro atoms. The SMILES string of the molecule is CN=P(N[P+](N=P(N(C)C)(N(C)C)N(C)C)(N=P(N(C)C)(N(C)C)N(C)C)N=P(N(C)C)(N(C)C)N(C)C)(N(C)C)N(C)C. The maximum Gasteiger partial charge on any atom is 0.458 e. The molecule has 0 unspecified atom stereocenters. The summed E-state index contributed by atoms with van der Waals surface area (Å²) in [7, 11) is 34.5. The van der Waals surface area contributed by atoms with E-state index < -0.39 is 37.9 Å². The second kappa shape index (κ2) is 17.0. The Kier molecular flexibility index (Phi) is 17.3. The lowest BCUT2D eigenvalue weighted by molar-refractivity contribution is 0.472. The van der Waals surface area contributed by atoms with Crippen molar-refractivity contribution >= 4 is 37.9 Å². The standard InChI is InChI=1S/C23H70N16P5/c1-24-41(29(2)3,30(4)5)25-40(26-42(31(6)7,32(8)9)33(10)11,27-43(34(12)13,35(14)15)36(16)17)28-44(37(18)19,38(20)21)39(22)23/h25H,1-23H3/q+1. The summed E-state index contributed by atoms with van der Waals surface area (Å²) in [6.07, 6.45) is 0. The molecule has 0 atom stereocenters. The first-order valence-electron chi connectivity index (χ1n) is 14.3. The summed E-state index contributed by atoms with van der Waals surface area (Å²) in [5, 5.41) is 0. The van der Waals surface area contributed by atoms with Crippen LogP contribution in [0.3, 0.4) is 0 Å². The summed E-state index contributed by atoms with van der Waals surface area (Å²) in [5.74, 6) is 0. The van der Waals surface area contributed by atoms with Gasteiger partial charge in [-0.15, -0.1) is 0 Å². The molecule has 0 rings (SSSR count). The molecule has 0 fully saturated rings. The van der Waals surface area contributed by atoms with Gasteiger partial charge in [0.2, 0.25) is 30.0 Å². The molecular formula is C23H70N16P5+. The first-order chi connectivity index (χ1) is 19.8. The van der Waals surface area contributed by atoms with Gasteiger partial charge in [-0.25, -0.2) is 51.4 Å². The van der Waals surface area contributed by atoms with Gasteiger partial charge in [0.25, 0.3) is 0 Å². The van der Waals surface area contributed by atoms with Crippen molar-refractivity contribution in [3.05, 3.63) is 0 Å². The van der Waals surface area contributed by atoms with Crippen LogP contribution in [0.25, 0.3) is 0 Å². The van der Waals surface area contributed by atoms with Gasteiger partial charge in [0.1, 0.15) is 0 Å². The zero-order valence-electron chi connectivity index (χ0n) is 32.4. The molecule has 0 aliphatic carbocycles. The van der Waals surface area contributed by atoms with Crippen LogP contribution < -0.4 is 4.86 Å². The third-order valence-corrected chi connectivity index (χ3v) is 27.7. The summed E-state index contributed by atoms with van der Waals surface area (Å²) < 4.78 is 47.8. The fourth-order valence-electron chi connectivity index (χ4n) is 5.67. The molecule has 21 heteroatoms. The minimum atomic E-state index is -3.32. The van der Waals surface area contributed by atoms with E-state index in [-0.39, 0.29) is 0 Å². The predicted octanol–water partition coefficient (Wildman–Crippen LogP) is 4.85. The predicted molar refractivity (Wildman–Crippen MR) is 204 cm³/mol. The first kappa shape index (κ1) is 44.9. The molecule has 0 saturated carbocycles. The van der Waals surface area contributed by atoms with E-state index in [0.717, 1.165) is 0 Å². The third kappa shape index (κ3) is 8.53. The maximum absolute atomic E-state index is 6.06. The molecule has 1 N–H and O–H groups in total. The van der Waals surface area contributed by atoms with E-state index in [1.807, 2.05) is 7.05 Å². The Balaban J connectivity index is 9.80. The van der Waals surface area contributed by atoms with Gasteiger partial charge in [-0.1, -0.05) is 4.86 Å². The zero-order chi connectivity index (χ0) is 35.4. The van der Waals surface area contributed by atoms with E-state index in [4.69, 9.17) is 18.3 Å². The smallest absolute Gasteiger partial charge is 0.262 e. The molecule has 0 bridgehead atoms. The average Bonchev–Trinajstić information content (AvgIpc) is 2.85. The van der Waals surface area contributed by atoms with Gasteiger partial charge in [0, 0.05) is 7.05 Å². The third-order valence-electron chi connectivity index (χ3n) is 7.23. The normalized spacial score (nSPS) is 14.8. The Morgan fingerprint density at radius 1 is 0.341 bits per heavy atom. The number of nitrogens with zero attached hydrogens (tertiary/aromatic N) is 15. The lowest BCUT2D eigenvalue weighted by Crippen LogP contribution is -2.35. The topological polar surface area (TPSA) is 97.1 Å². The summed E-state index contributed by atoms with van der Waals surface area (Å²) in [5.41, 5.74) is 0. The number of rotatable bonds is 16. The van der Waals surface area contributed by atoms with Crippen LogP contribution >= 0.6 is 37.9 Å². The minimum absolute atomic E-state index is 1.89. The molecule has 16 nitrogen and oxygen atoms in total. The highest BCUT2D eigenvalue weighted by atomic mass is 31.3. The van der Waals surface area contributed by atoms with Gasteiger partial charge in [-0.3, -0.25) is 4.74 Å². The highest BCUT2D eigenvalue weighted by Crippen LogP contribution is 2.83. The maximum atomic E-state index is 6.06. The number of hydrogen-bond acceptors (Lipinski definition) is 4. The summed E-state index contributed by atoms with van der Waals surface area (Å²) in [6, 6.07) is 0. The molecule has 0 saturated heterocycles. The van der Waals surface area contributed by atoms with Gasteiger partial charge in [-0.05, 0) is 169 Å². The van der Waals surface area contributed by atoms with E-state index in [9.17, 15) is 0 Å². The van der Waals surface area contributed by atoms with Crippen LogP contribution in [0, 0.1) is 0 Å². The van der Waals surface area contributed by atoms with E-state index in [0.29, 0.717) is 0 Å². The largest absolute Gasteiger partial charge is 0.458 e. The van der Waals surface area contributed by atoms with Crippen molar-refractivity contribution < 1.29 is 0 Å². The summed E-state index contributed by atoms with van der Waals surface area (Å²) in [4.78, 5) is 4.14. The molecule has 0 aliphatic heterocycles. The van der Waals surface area contributed by atoms with Gasteiger partial charge in [0.15, 0.2) is 0 Å². The monoisotopic (exact) mass is 725 g/mol. The van der Waals surface area contributed by atoms with Crippen molar-refractivity contribution in [2.24, 2.45) is 18.3 Å². The second-order valence-electron chi connectivity index (χ2n) is 12.6. The van der Waals surface area contributed by atoms with Crippen LogP contribution in [-0.2, 0) is 0 Å². The molecule has 0 amide bonds. The van der Waals surface area contributed by atoms with E-state index in [1.54, 1.807) is 0 Å². The van der Waals surface area contributed by atoms with Crippen LogP contribution in [-0.4, -0.2) is 213 Å². The zero-order valence-corrected chi connectivity index (χ0v) is 36.9. The molecule has 266 valence electrons. The van der Waals surface area contributed by atoms with Gasteiger partial charge in [0.05, 0.1) is 0 Å². The van der Waals surface area contributed by atoms with Crippen molar-refractivity contribution in [1.82, 2.24) is 56.2 Å². The number of hydrogen-bond donors (Lipinski definition) is 1. The Hall–Kier alpha value is 0.870. The molecule has 0 radical (unpaired) electrons. The van der Waals surface area contributed by atoms with Crippen LogP contribution in [0.5, 0.6) is 0 Å². The minimum Gasteiger partial charge on any atom is -0.262 e. The molecule has 0 aromatic rings. The van der Waals surface area contributed by atoms with Gasteiger partial charge >= 0.3 is 7.87 Å². The average molecular weight is 726 g/mol. The summed E-state index contributed by atoms with van der Waals surface area (Å²) in [6.45, 7) is 0. The second-order valence-corrected chi connectivity index (χ2v) is 30.3. The van der Waals surface area contributed by atoms with Crippen molar-refractivity contribution in [1.29, 1.82) is 0 Å². The molecule has 0 aromatic heterocycles. The lowest BCUT2D eigenvalue weighted by Gasteiger charge is -2.45. The quantitative estimate of drug-likeness (QED) is 0.221. The van der Waals surface area contributed by atoms with E-state index in [1.165, 1.54) is 0 Å². The molecule has 0 aromatic carbocycles. The van der Waals surface area contributed by atoms with E-state index >= 15 is 0 Å². The van der Waals surface area contributed by atoms with Crippen LogP contribution in [0.15, 0.2) is 18.3 Å². The van der Waals surface area contributed by atoms with E-state index in [2.05, 4.69) is 211 Å². The Morgan fingerprint density at radius 2 is 0.523 bits per heavy atom. The van der Waals surface area contributed by atoms with Crippen LogP contribution in [0.4, 0.5) is 0 Å². The highest BCUT2D eigenvalue weighted by molar-refractivity contribution is 7.89. The lowest BCUT2D eigenvalue weighted by atomic mass is 11.2. The fourth-order valence-corrected chi connectivity index (χ4v) is 29.5. The molecule has 0 heterocycles.